The van der Waals surface area contributed by atoms with Crippen molar-refractivity contribution in [2.24, 2.45) is 0 Å². The number of aromatic amines is 1. The predicted molar refractivity (Wildman–Crippen MR) is 160 cm³/mol. The molecule has 0 aliphatic carbocycles. The molecule has 11 nitrogen and oxygen atoms in total. The van der Waals surface area contributed by atoms with E-state index in [1.807, 2.05) is 49.2 Å². The third kappa shape index (κ3) is 7.53. The molecule has 2 aliphatic heterocycles. The summed E-state index contributed by atoms with van der Waals surface area (Å²) < 4.78 is 0. The zero-order valence-electron chi connectivity index (χ0n) is 24.9. The van der Waals surface area contributed by atoms with Gasteiger partial charge in [-0.15, -0.1) is 0 Å². The summed E-state index contributed by atoms with van der Waals surface area (Å²) in [5, 5.41) is 14.2. The summed E-state index contributed by atoms with van der Waals surface area (Å²) in [6.07, 6.45) is 8.43. The fourth-order valence-electron chi connectivity index (χ4n) is 5.58. The molecule has 1 aromatic heterocycles. The lowest BCUT2D eigenvalue weighted by molar-refractivity contribution is -0.109. The van der Waals surface area contributed by atoms with Gasteiger partial charge in [0.15, 0.2) is 0 Å². The zero-order valence-corrected chi connectivity index (χ0v) is 24.9. The van der Waals surface area contributed by atoms with E-state index in [1.54, 1.807) is 4.90 Å². The average molecular weight is 565 g/mol. The highest BCUT2D eigenvalue weighted by Crippen LogP contribution is 2.25. The predicted octanol–water partition coefficient (Wildman–Crippen LogP) is 2.72. The molecule has 0 spiro atoms. The van der Waals surface area contributed by atoms with Crippen LogP contribution in [0.15, 0.2) is 41.8 Å². The summed E-state index contributed by atoms with van der Waals surface area (Å²) in [7, 11) is 6.19. The monoisotopic (exact) mass is 564 g/mol. The molecule has 222 valence electrons. The fraction of sp³-hybridized carbons (Fsp3) is 0.533. The van der Waals surface area contributed by atoms with Crippen LogP contribution in [0.25, 0.3) is 10.9 Å². The molecule has 0 radical (unpaired) electrons. The number of carbonyl (C=O) groups excluding carboxylic acids is 3. The van der Waals surface area contributed by atoms with Crippen LogP contribution in [0, 0.1) is 0 Å². The number of amides is 4. The number of nitrogens with zero attached hydrogens (tertiary/aromatic N) is 5. The molecule has 2 aromatic rings. The van der Waals surface area contributed by atoms with Gasteiger partial charge in [0.2, 0.25) is 0 Å². The van der Waals surface area contributed by atoms with Crippen LogP contribution in [0.3, 0.4) is 0 Å². The number of fused-ring (bicyclic) bond motifs is 1. The van der Waals surface area contributed by atoms with Crippen molar-refractivity contribution in [3.8, 4) is 0 Å². The van der Waals surface area contributed by atoms with Crippen molar-refractivity contribution in [3.63, 3.8) is 0 Å². The minimum absolute atomic E-state index is 0.0583. The number of allylic oxidation sites excluding steroid dienone is 2. The quantitative estimate of drug-likeness (QED) is 0.362. The maximum absolute atomic E-state index is 13.2. The van der Waals surface area contributed by atoms with Gasteiger partial charge in [0.05, 0.1) is 17.8 Å². The van der Waals surface area contributed by atoms with Crippen molar-refractivity contribution >= 4 is 29.3 Å². The van der Waals surface area contributed by atoms with E-state index in [0.717, 1.165) is 52.7 Å². The number of carbonyl (C=O) groups is 3. The molecular weight excluding hydrogens is 520 g/mol. The summed E-state index contributed by atoms with van der Waals surface area (Å²) in [6, 6.07) is 3.07. The number of H-pyrrole nitrogens is 1. The van der Waals surface area contributed by atoms with Gasteiger partial charge < -0.3 is 35.0 Å². The topological polar surface area (TPSA) is 117 Å². The second kappa shape index (κ2) is 13.8. The third-order valence-electron chi connectivity index (χ3n) is 8.04. The van der Waals surface area contributed by atoms with Gasteiger partial charge >= 0.3 is 12.1 Å². The first-order valence-corrected chi connectivity index (χ1v) is 14.4. The molecule has 1 aromatic carbocycles. The number of aromatic nitrogens is 2. The molecule has 41 heavy (non-hydrogen) atoms. The van der Waals surface area contributed by atoms with Crippen molar-refractivity contribution in [1.29, 1.82) is 0 Å². The number of hydrogen-bond donors (Lipinski definition) is 3. The van der Waals surface area contributed by atoms with E-state index >= 15 is 0 Å². The lowest BCUT2D eigenvalue weighted by Crippen LogP contribution is -2.55. The highest BCUT2D eigenvalue weighted by atomic mass is 16.2. The van der Waals surface area contributed by atoms with Crippen molar-refractivity contribution in [2.45, 2.75) is 51.7 Å². The number of nitrogens with one attached hydrogen (secondary N) is 3. The summed E-state index contributed by atoms with van der Waals surface area (Å²) in [4.78, 5) is 46.0. The number of likely N-dealkylation sites (tertiary alicyclic amines) is 1. The molecular formula is C30H44N8O3. The Morgan fingerprint density at radius 1 is 1.22 bits per heavy atom. The number of urea groups is 2. The van der Waals surface area contributed by atoms with Gasteiger partial charge in [-0.1, -0.05) is 18.2 Å². The van der Waals surface area contributed by atoms with Crippen LogP contribution in [0.4, 0.5) is 9.59 Å². The van der Waals surface area contributed by atoms with E-state index in [1.165, 1.54) is 0 Å². The molecule has 0 saturated carbocycles. The van der Waals surface area contributed by atoms with Gasteiger partial charge in [-0.05, 0) is 77.0 Å². The van der Waals surface area contributed by atoms with Crippen LogP contribution in [0.1, 0.15) is 37.8 Å². The smallest absolute Gasteiger partial charge is 0.322 e. The molecule has 2 aliphatic rings. The molecule has 4 rings (SSSR count). The molecule has 11 heteroatoms. The number of aldehydes is 1. The molecule has 3 N–H and O–H groups in total. The van der Waals surface area contributed by atoms with E-state index < -0.39 is 6.04 Å². The summed E-state index contributed by atoms with van der Waals surface area (Å²) in [6.45, 7) is 8.05. The van der Waals surface area contributed by atoms with Crippen LogP contribution in [-0.4, -0.2) is 114 Å². The fourth-order valence-corrected chi connectivity index (χ4v) is 5.58. The Labute approximate surface area is 242 Å². The van der Waals surface area contributed by atoms with E-state index in [4.69, 9.17) is 0 Å². The molecule has 0 bridgehead atoms. The molecule has 1 saturated heterocycles. The molecule has 0 unspecified atom stereocenters. The summed E-state index contributed by atoms with van der Waals surface area (Å²) in [5.74, 6) is 0. The largest absolute Gasteiger partial charge is 0.328 e. The Hall–Kier alpha value is -3.70. The zero-order chi connectivity index (χ0) is 29.5. The number of piperidine rings is 1. The summed E-state index contributed by atoms with van der Waals surface area (Å²) >= 11 is 0. The molecule has 3 heterocycles. The average Bonchev–Trinajstić information content (AvgIpc) is 3.43. The van der Waals surface area contributed by atoms with E-state index in [0.29, 0.717) is 45.4 Å². The maximum atomic E-state index is 13.2. The van der Waals surface area contributed by atoms with Crippen molar-refractivity contribution < 1.29 is 14.4 Å². The van der Waals surface area contributed by atoms with Crippen molar-refractivity contribution in [2.75, 3.05) is 53.9 Å². The SMILES string of the molecule is C/C=C\C1=C(C)NC(=O)N(C2CCN(C(=O)N[C@@H](C=O)Cc3ccc4[nH]ncc4c3CN(C)CCN(C)C)CC2)C1. The number of likely N-dealkylation sites (N-methyl/N-ethyl adjacent to an activating group) is 2. The van der Waals surface area contributed by atoms with Crippen molar-refractivity contribution in [1.82, 2.24) is 40.4 Å². The first-order valence-electron chi connectivity index (χ1n) is 14.4. The Balaban J connectivity index is 1.37. The first-order chi connectivity index (χ1) is 19.7. The van der Waals surface area contributed by atoms with Crippen LogP contribution in [-0.2, 0) is 17.8 Å². The number of benzene rings is 1. The van der Waals surface area contributed by atoms with Gasteiger partial charge in [0.1, 0.15) is 6.29 Å². The Bertz CT molecular complexity index is 1290. The van der Waals surface area contributed by atoms with Gasteiger partial charge in [-0.25, -0.2) is 9.59 Å². The van der Waals surface area contributed by atoms with E-state index in [2.05, 4.69) is 51.8 Å². The van der Waals surface area contributed by atoms with Gasteiger partial charge in [-0.2, -0.15) is 5.10 Å². The second-order valence-corrected chi connectivity index (χ2v) is 11.4. The van der Waals surface area contributed by atoms with Crippen LogP contribution >= 0.6 is 0 Å². The minimum Gasteiger partial charge on any atom is -0.328 e. The Morgan fingerprint density at radius 3 is 2.66 bits per heavy atom. The molecule has 1 atom stereocenters. The van der Waals surface area contributed by atoms with E-state index in [9.17, 15) is 14.4 Å². The number of hydrogen-bond acceptors (Lipinski definition) is 6. The maximum Gasteiger partial charge on any atom is 0.322 e. The van der Waals surface area contributed by atoms with Gasteiger partial charge in [0.25, 0.3) is 0 Å². The number of rotatable bonds is 11. The lowest BCUT2D eigenvalue weighted by Gasteiger charge is -2.40. The van der Waals surface area contributed by atoms with Crippen molar-refractivity contribution in [3.05, 3.63) is 52.9 Å². The second-order valence-electron chi connectivity index (χ2n) is 11.4. The summed E-state index contributed by atoms with van der Waals surface area (Å²) in [5.41, 5.74) is 5.06. The minimum atomic E-state index is -0.653. The lowest BCUT2D eigenvalue weighted by atomic mass is 9.97. The standard InChI is InChI=1S/C30H44N8O3/c1-6-7-23-18-38(30(41)32-21(23)2)25-10-12-37(13-11-25)29(40)33-24(20-39)16-22-8-9-28-26(17-31-34-28)27(22)19-36(5)15-14-35(3)4/h6-9,17,20,24-25H,10-16,18-19H2,1-5H3,(H,31,34)(H,32,41)(H,33,40)/b7-6-/t24-/m1/s1. The van der Waals surface area contributed by atoms with Gasteiger partial charge in [0, 0.05) is 56.4 Å². The van der Waals surface area contributed by atoms with Crippen LogP contribution in [0.5, 0.6) is 0 Å². The Morgan fingerprint density at radius 2 is 1.98 bits per heavy atom. The molecule has 4 amide bonds. The third-order valence-corrected chi connectivity index (χ3v) is 8.04. The highest BCUT2D eigenvalue weighted by molar-refractivity contribution is 5.84. The highest BCUT2D eigenvalue weighted by Gasteiger charge is 2.33. The normalized spacial score (nSPS) is 17.7. The van der Waals surface area contributed by atoms with Crippen LogP contribution < -0.4 is 10.6 Å². The van der Waals surface area contributed by atoms with Crippen LogP contribution in [0.2, 0.25) is 0 Å². The van der Waals surface area contributed by atoms with Gasteiger partial charge in [-0.3, -0.25) is 5.10 Å². The Kier molecular flexibility index (Phi) is 10.2. The molecule has 1 fully saturated rings. The van der Waals surface area contributed by atoms with E-state index in [-0.39, 0.29) is 18.1 Å². The first kappa shape index (κ1) is 30.3.